The number of benzene rings is 2. The summed E-state index contributed by atoms with van der Waals surface area (Å²) in [4.78, 5) is 7.20. The quantitative estimate of drug-likeness (QED) is 0.510. The maximum atomic E-state index is 5.81. The van der Waals surface area contributed by atoms with Gasteiger partial charge in [0.05, 0.1) is 5.69 Å². The predicted molar refractivity (Wildman–Crippen MR) is 127 cm³/mol. The van der Waals surface area contributed by atoms with Gasteiger partial charge in [0.2, 0.25) is 5.11 Å². The van der Waals surface area contributed by atoms with Gasteiger partial charge in [-0.1, -0.05) is 43.5 Å². The molecule has 0 radical (unpaired) electrons. The first-order chi connectivity index (χ1) is 13.4. The minimum absolute atomic E-state index is 0.193. The minimum atomic E-state index is -0.193. The summed E-state index contributed by atoms with van der Waals surface area (Å²) in [6.45, 7) is 6.40. The first-order valence-corrected chi connectivity index (χ1v) is 11.2. The van der Waals surface area contributed by atoms with Crippen molar-refractivity contribution in [1.82, 2.24) is 0 Å². The smallest absolute Gasteiger partial charge is 0.202 e. The molecule has 1 N–H and O–H groups in total. The van der Waals surface area contributed by atoms with Crippen LogP contribution in [-0.2, 0) is 0 Å². The molecule has 3 nitrogen and oxygen atoms in total. The number of thiocarbonyl (C=S) groups is 1. The molecule has 2 aromatic carbocycles. The first-order valence-electron chi connectivity index (χ1n) is 9.95. The molecule has 0 atom stereocenters. The molecule has 1 fully saturated rings. The maximum absolute atomic E-state index is 5.81. The van der Waals surface area contributed by atoms with Crippen molar-refractivity contribution in [3.8, 4) is 0 Å². The summed E-state index contributed by atoms with van der Waals surface area (Å²) >= 11 is 9.58. The fourth-order valence-corrected chi connectivity index (χ4v) is 5.57. The van der Waals surface area contributed by atoms with Crippen LogP contribution >= 0.6 is 28.1 Å². The third kappa shape index (κ3) is 3.29. The summed E-state index contributed by atoms with van der Waals surface area (Å²) in [5.74, 6) is 1.00. The number of nitrogens with one attached hydrogen (secondary N) is 1. The molecule has 2 aromatic rings. The number of aryl methyl sites for hydroxylation is 3. The van der Waals surface area contributed by atoms with Gasteiger partial charge in [-0.3, -0.25) is 0 Å². The van der Waals surface area contributed by atoms with E-state index in [1.54, 1.807) is 0 Å². The summed E-state index contributed by atoms with van der Waals surface area (Å²) in [6.07, 6.45) is 5.77. The van der Waals surface area contributed by atoms with E-state index in [-0.39, 0.29) is 5.54 Å². The van der Waals surface area contributed by atoms with E-state index in [9.17, 15) is 0 Å². The molecular formula is C23H26BrN3S. The molecule has 0 amide bonds. The Kier molecular flexibility index (Phi) is 5.32. The van der Waals surface area contributed by atoms with E-state index in [4.69, 9.17) is 17.2 Å². The Morgan fingerprint density at radius 3 is 2.36 bits per heavy atom. The number of anilines is 2. The maximum Gasteiger partial charge on any atom is 0.202 e. The lowest BCUT2D eigenvalue weighted by molar-refractivity contribution is 0.386. The number of amidine groups is 1. The molecule has 4 rings (SSSR count). The Bertz CT molecular complexity index is 940. The van der Waals surface area contributed by atoms with Gasteiger partial charge in [0.15, 0.2) is 0 Å². The lowest BCUT2D eigenvalue weighted by Crippen LogP contribution is -2.55. The highest BCUT2D eigenvalue weighted by Gasteiger charge is 2.49. The van der Waals surface area contributed by atoms with Crippen molar-refractivity contribution in [2.45, 2.75) is 58.4 Å². The van der Waals surface area contributed by atoms with Crippen molar-refractivity contribution < 1.29 is 0 Å². The number of hydrogen-bond donors (Lipinski definition) is 1. The molecule has 1 aliphatic heterocycles. The molecule has 1 spiro atoms. The van der Waals surface area contributed by atoms with Gasteiger partial charge in [0, 0.05) is 10.2 Å². The number of halogens is 1. The van der Waals surface area contributed by atoms with E-state index >= 15 is 0 Å². The van der Waals surface area contributed by atoms with Gasteiger partial charge in [-0.25, -0.2) is 4.99 Å². The number of rotatable bonds is 2. The average Bonchev–Trinajstić information content (AvgIpc) is 2.90. The van der Waals surface area contributed by atoms with Crippen molar-refractivity contribution in [1.29, 1.82) is 0 Å². The van der Waals surface area contributed by atoms with Crippen LogP contribution in [0.15, 0.2) is 45.9 Å². The Morgan fingerprint density at radius 1 is 1.04 bits per heavy atom. The molecule has 1 heterocycles. The van der Waals surface area contributed by atoms with Gasteiger partial charge in [0.1, 0.15) is 11.4 Å². The molecule has 1 aliphatic carbocycles. The molecule has 2 aliphatic rings. The molecule has 0 aromatic heterocycles. The van der Waals surface area contributed by atoms with Crippen LogP contribution in [0.25, 0.3) is 0 Å². The fourth-order valence-electron chi connectivity index (χ4n) is 4.54. The minimum Gasteiger partial charge on any atom is -0.341 e. The molecule has 0 saturated heterocycles. The zero-order valence-electron chi connectivity index (χ0n) is 16.7. The van der Waals surface area contributed by atoms with E-state index in [1.807, 2.05) is 0 Å². The third-order valence-electron chi connectivity index (χ3n) is 6.02. The monoisotopic (exact) mass is 455 g/mol. The molecule has 1 saturated carbocycles. The van der Waals surface area contributed by atoms with Crippen molar-refractivity contribution in [3.05, 3.63) is 57.6 Å². The number of aliphatic imine (C=N–C) groups is 1. The Hall–Kier alpha value is -1.72. The van der Waals surface area contributed by atoms with Crippen LogP contribution in [0, 0.1) is 20.8 Å². The highest BCUT2D eigenvalue weighted by atomic mass is 79.9. The second-order valence-electron chi connectivity index (χ2n) is 8.02. The lowest BCUT2D eigenvalue weighted by Gasteiger charge is -2.43. The standard InChI is InChI=1S/C23H26BrN3S/c1-15-10-11-19(18(24)14-15)27-22(28)26-21(23(27)12-5-4-6-13-23)25-20-16(2)8-7-9-17(20)3/h7-11,14H,4-6,12-13H2,1-3H3,(H,25,26,28). The zero-order chi connectivity index (χ0) is 19.9. The fraction of sp³-hybridized carbons (Fsp3) is 0.391. The van der Waals surface area contributed by atoms with Crippen molar-refractivity contribution >= 4 is 50.5 Å². The third-order valence-corrected chi connectivity index (χ3v) is 6.93. The van der Waals surface area contributed by atoms with Gasteiger partial charge < -0.3 is 10.2 Å². The van der Waals surface area contributed by atoms with Crippen molar-refractivity contribution in [2.75, 3.05) is 10.2 Å². The van der Waals surface area contributed by atoms with Crippen molar-refractivity contribution in [3.63, 3.8) is 0 Å². The Morgan fingerprint density at radius 2 is 1.71 bits per heavy atom. The normalized spacial score (nSPS) is 18.5. The van der Waals surface area contributed by atoms with Crippen molar-refractivity contribution in [2.24, 2.45) is 4.99 Å². The molecule has 0 unspecified atom stereocenters. The molecular weight excluding hydrogens is 430 g/mol. The average molecular weight is 456 g/mol. The van der Waals surface area contributed by atoms with Gasteiger partial charge in [0.25, 0.3) is 0 Å². The van der Waals surface area contributed by atoms with Gasteiger partial charge in [-0.05, 0) is 90.6 Å². The summed E-state index contributed by atoms with van der Waals surface area (Å²) in [7, 11) is 0. The van der Waals surface area contributed by atoms with E-state index in [0.29, 0.717) is 5.11 Å². The topological polar surface area (TPSA) is 27.6 Å². The summed E-state index contributed by atoms with van der Waals surface area (Å²) in [5.41, 5.74) is 5.76. The highest BCUT2D eigenvalue weighted by molar-refractivity contribution is 9.10. The van der Waals surface area contributed by atoms with E-state index in [1.165, 1.54) is 36.0 Å². The molecule has 0 bridgehead atoms. The van der Waals surface area contributed by atoms with Crippen LogP contribution in [0.1, 0.15) is 48.8 Å². The van der Waals surface area contributed by atoms with Gasteiger partial charge in [-0.15, -0.1) is 0 Å². The molecule has 5 heteroatoms. The Labute approximate surface area is 181 Å². The van der Waals surface area contributed by atoms with Crippen LogP contribution in [0.4, 0.5) is 11.4 Å². The van der Waals surface area contributed by atoms with Crippen LogP contribution in [-0.4, -0.2) is 16.5 Å². The second-order valence-corrected chi connectivity index (χ2v) is 9.24. The number of hydrogen-bond acceptors (Lipinski definition) is 2. The second kappa shape index (κ2) is 7.60. The van der Waals surface area contributed by atoms with Gasteiger partial charge in [-0.2, -0.15) is 0 Å². The summed E-state index contributed by atoms with van der Waals surface area (Å²) < 4.78 is 1.07. The first kappa shape index (κ1) is 19.6. The Balaban J connectivity index is 1.79. The van der Waals surface area contributed by atoms with Crippen LogP contribution in [0.5, 0.6) is 0 Å². The van der Waals surface area contributed by atoms with Gasteiger partial charge >= 0.3 is 0 Å². The largest absolute Gasteiger partial charge is 0.341 e. The summed E-state index contributed by atoms with van der Waals surface area (Å²) in [6, 6.07) is 12.9. The SMILES string of the molecule is Cc1ccc(N2C(=S)N=C(Nc3c(C)cccc3C)C23CCCCC3)c(Br)c1. The van der Waals surface area contributed by atoms with E-state index < -0.39 is 0 Å². The lowest BCUT2D eigenvalue weighted by atomic mass is 9.79. The number of para-hydroxylation sites is 1. The van der Waals surface area contributed by atoms with Crippen LogP contribution < -0.4 is 10.2 Å². The molecule has 28 heavy (non-hydrogen) atoms. The van der Waals surface area contributed by atoms with E-state index in [2.05, 4.69) is 83.3 Å². The predicted octanol–water partition coefficient (Wildman–Crippen LogP) is 6.69. The highest BCUT2D eigenvalue weighted by Crippen LogP contribution is 2.44. The van der Waals surface area contributed by atoms with Crippen LogP contribution in [0.3, 0.4) is 0 Å². The van der Waals surface area contributed by atoms with E-state index in [0.717, 1.165) is 34.5 Å². The molecule has 146 valence electrons. The number of nitrogens with zero attached hydrogens (tertiary/aromatic N) is 2. The zero-order valence-corrected chi connectivity index (χ0v) is 19.1. The summed E-state index contributed by atoms with van der Waals surface area (Å²) in [5, 5.41) is 4.36. The van der Waals surface area contributed by atoms with Crippen LogP contribution in [0.2, 0.25) is 0 Å².